The molecule has 0 aromatic carbocycles. The molecule has 0 heterocycles. The molecule has 0 aliphatic heterocycles. The maximum absolute atomic E-state index is 9.60. The minimum Gasteiger partial charge on any atom is -0.478 e. The average Bonchev–Trinajstić information content (AvgIpc) is 1.87. The predicted octanol–water partition coefficient (Wildman–Crippen LogP) is 1.63. The first-order valence-corrected chi connectivity index (χ1v) is 3.99. The highest BCUT2D eigenvalue weighted by Crippen LogP contribution is 1.81. The predicted molar refractivity (Wildman–Crippen MR) is 71.3 cm³/mol. The molecule has 96 valence electrons. The molecule has 0 aromatic heterocycles. The van der Waals surface area contributed by atoms with Gasteiger partial charge in [0.25, 0.3) is 0 Å². The zero-order chi connectivity index (χ0) is 11.4. The van der Waals surface area contributed by atoms with E-state index in [1.807, 2.05) is 33.0 Å². The van der Waals surface area contributed by atoms with Crippen LogP contribution in [0.4, 0.5) is 0 Å². The van der Waals surface area contributed by atoms with E-state index in [4.69, 9.17) is 10.8 Å². The van der Waals surface area contributed by atoms with Gasteiger partial charge in [-0.1, -0.05) is 13.5 Å². The van der Waals surface area contributed by atoms with Crippen molar-refractivity contribution >= 4 is 30.8 Å². The molecule has 3 N–H and O–H groups in total. The highest BCUT2D eigenvalue weighted by molar-refractivity contribution is 5.85. The van der Waals surface area contributed by atoms with Crippen molar-refractivity contribution in [3.8, 4) is 0 Å². The molecular weight excluding hydrogens is 239 g/mol. The van der Waals surface area contributed by atoms with E-state index in [1.165, 1.54) is 6.92 Å². The summed E-state index contributed by atoms with van der Waals surface area (Å²) in [5.41, 5.74) is 5.02. The highest BCUT2D eigenvalue weighted by atomic mass is 35.5. The Kier molecular flexibility index (Phi) is 45.9. The second kappa shape index (κ2) is 23.5. The van der Waals surface area contributed by atoms with Crippen LogP contribution < -0.4 is 5.73 Å². The van der Waals surface area contributed by atoms with Gasteiger partial charge in [-0.05, 0) is 34.6 Å². The van der Waals surface area contributed by atoms with Gasteiger partial charge in [-0.25, -0.2) is 4.79 Å². The summed E-state index contributed by atoms with van der Waals surface area (Å²) in [5, 5.41) is 7.89. The van der Waals surface area contributed by atoms with Crippen molar-refractivity contribution in [2.45, 2.75) is 13.8 Å². The number of carboxylic acid groups (broad SMARTS) is 1. The topological polar surface area (TPSA) is 66.6 Å². The Hall–Kier alpha value is -0.290. The molecule has 0 aliphatic rings. The molecule has 4 nitrogen and oxygen atoms in total. The fraction of sp³-hybridized carbons (Fsp3) is 0.667. The number of aliphatic carboxylic acids is 1. The van der Waals surface area contributed by atoms with E-state index in [0.717, 1.165) is 6.54 Å². The van der Waals surface area contributed by atoms with E-state index in [1.54, 1.807) is 0 Å². The van der Waals surface area contributed by atoms with Crippen molar-refractivity contribution < 1.29 is 9.90 Å². The number of nitrogens with two attached hydrogens (primary N) is 1. The van der Waals surface area contributed by atoms with Gasteiger partial charge in [0.15, 0.2) is 0 Å². The molecule has 0 saturated heterocycles. The molecule has 0 spiro atoms. The van der Waals surface area contributed by atoms with E-state index in [0.29, 0.717) is 0 Å². The second-order valence-corrected chi connectivity index (χ2v) is 2.84. The van der Waals surface area contributed by atoms with E-state index >= 15 is 0 Å². The van der Waals surface area contributed by atoms with Crippen LogP contribution in [0.2, 0.25) is 0 Å². The van der Waals surface area contributed by atoms with Gasteiger partial charge in [0, 0.05) is 5.57 Å². The summed E-state index contributed by atoms with van der Waals surface area (Å²) < 4.78 is 0. The van der Waals surface area contributed by atoms with E-state index in [-0.39, 0.29) is 30.4 Å². The third kappa shape index (κ3) is 137. The first kappa shape index (κ1) is 29.3. The van der Waals surface area contributed by atoms with Gasteiger partial charge in [-0.15, -0.1) is 24.8 Å². The number of rotatable bonds is 1. The second-order valence-electron chi connectivity index (χ2n) is 2.84. The minimum atomic E-state index is -0.935. The Labute approximate surface area is 105 Å². The standard InChI is InChI=1S/C4H6O2.C3H9N.C2H7N.2ClH/c1-3(2)4(5)6;1-4(2)3;1-2-3;;/h1H2,2H3,(H,5,6);1-3H3;2-3H2,1H3;2*1H. The van der Waals surface area contributed by atoms with Crippen molar-refractivity contribution in [2.24, 2.45) is 5.73 Å². The fourth-order valence-electron chi connectivity index (χ4n) is 0. The van der Waals surface area contributed by atoms with Crippen LogP contribution in [0.25, 0.3) is 0 Å². The Balaban J connectivity index is -0.0000000332. The molecule has 0 aromatic rings. The molecular formula is C9H24Cl2N2O2. The molecule has 15 heavy (non-hydrogen) atoms. The van der Waals surface area contributed by atoms with Crippen LogP contribution in [0.1, 0.15) is 13.8 Å². The van der Waals surface area contributed by atoms with Crippen LogP contribution in [0.3, 0.4) is 0 Å². The van der Waals surface area contributed by atoms with E-state index in [2.05, 4.69) is 6.58 Å². The van der Waals surface area contributed by atoms with Crippen molar-refractivity contribution in [3.05, 3.63) is 12.2 Å². The molecule has 0 saturated carbocycles. The van der Waals surface area contributed by atoms with Gasteiger partial charge in [0.2, 0.25) is 0 Å². The van der Waals surface area contributed by atoms with Crippen LogP contribution in [0.5, 0.6) is 0 Å². The van der Waals surface area contributed by atoms with Gasteiger partial charge >= 0.3 is 5.97 Å². The van der Waals surface area contributed by atoms with Gasteiger partial charge in [-0.3, -0.25) is 0 Å². The average molecular weight is 263 g/mol. The lowest BCUT2D eigenvalue weighted by Crippen LogP contribution is -1.99. The van der Waals surface area contributed by atoms with E-state index < -0.39 is 5.97 Å². The van der Waals surface area contributed by atoms with Crippen molar-refractivity contribution in [1.82, 2.24) is 4.90 Å². The number of hydrogen-bond donors (Lipinski definition) is 2. The molecule has 0 aliphatic carbocycles. The van der Waals surface area contributed by atoms with Crippen LogP contribution in [-0.2, 0) is 4.79 Å². The largest absolute Gasteiger partial charge is 0.478 e. The summed E-state index contributed by atoms with van der Waals surface area (Å²) in [5.74, 6) is -0.935. The normalized spacial score (nSPS) is 6.60. The quantitative estimate of drug-likeness (QED) is 0.706. The molecule has 6 heteroatoms. The first-order chi connectivity index (χ1) is 5.79. The summed E-state index contributed by atoms with van der Waals surface area (Å²) in [6.07, 6.45) is 0. The Bertz CT molecular complexity index is 127. The fourth-order valence-corrected chi connectivity index (χ4v) is 0. The van der Waals surface area contributed by atoms with Crippen LogP contribution in [-0.4, -0.2) is 43.7 Å². The lowest BCUT2D eigenvalue weighted by atomic mass is 10.4. The molecule has 0 radical (unpaired) electrons. The highest BCUT2D eigenvalue weighted by Gasteiger charge is 1.90. The number of nitrogens with zero attached hydrogens (tertiary/aromatic N) is 1. The summed E-state index contributed by atoms with van der Waals surface area (Å²) in [6.45, 7) is 7.25. The third-order valence-electron chi connectivity index (χ3n) is 0.365. The third-order valence-corrected chi connectivity index (χ3v) is 0.365. The molecule has 0 atom stereocenters. The van der Waals surface area contributed by atoms with E-state index in [9.17, 15) is 4.79 Å². The molecule has 0 unspecified atom stereocenters. The Morgan fingerprint density at radius 3 is 1.40 bits per heavy atom. The number of halogens is 2. The molecule has 0 fully saturated rings. The minimum absolute atomic E-state index is 0. The summed E-state index contributed by atoms with van der Waals surface area (Å²) in [4.78, 5) is 11.6. The zero-order valence-electron chi connectivity index (χ0n) is 10.1. The Morgan fingerprint density at radius 1 is 1.33 bits per heavy atom. The van der Waals surface area contributed by atoms with Gasteiger partial charge in [0.1, 0.15) is 0 Å². The van der Waals surface area contributed by atoms with Crippen molar-refractivity contribution in [2.75, 3.05) is 27.7 Å². The smallest absolute Gasteiger partial charge is 0.330 e. The summed E-state index contributed by atoms with van der Waals surface area (Å²) in [6, 6.07) is 0. The van der Waals surface area contributed by atoms with Crippen molar-refractivity contribution in [3.63, 3.8) is 0 Å². The number of hydrogen-bond acceptors (Lipinski definition) is 3. The lowest BCUT2D eigenvalue weighted by molar-refractivity contribution is -0.132. The van der Waals surface area contributed by atoms with Crippen molar-refractivity contribution in [1.29, 1.82) is 0 Å². The number of carbonyl (C=O) groups is 1. The van der Waals surface area contributed by atoms with Crippen LogP contribution in [0, 0.1) is 0 Å². The van der Waals surface area contributed by atoms with Crippen LogP contribution >= 0.6 is 24.8 Å². The maximum atomic E-state index is 9.60. The number of carboxylic acids is 1. The van der Waals surface area contributed by atoms with Gasteiger partial charge in [-0.2, -0.15) is 0 Å². The molecule has 0 bridgehead atoms. The lowest BCUT2D eigenvalue weighted by Gasteiger charge is -1.90. The monoisotopic (exact) mass is 262 g/mol. The first-order valence-electron chi connectivity index (χ1n) is 3.99. The van der Waals surface area contributed by atoms with Gasteiger partial charge in [0.05, 0.1) is 0 Å². The zero-order valence-corrected chi connectivity index (χ0v) is 11.7. The summed E-state index contributed by atoms with van der Waals surface area (Å²) in [7, 11) is 6.00. The summed E-state index contributed by atoms with van der Waals surface area (Å²) >= 11 is 0. The maximum Gasteiger partial charge on any atom is 0.330 e. The molecule has 0 amide bonds. The van der Waals surface area contributed by atoms with Gasteiger partial charge < -0.3 is 15.7 Å². The SMILES string of the molecule is C=C(C)C(=O)O.CCN.CN(C)C.Cl.Cl. The Morgan fingerprint density at radius 2 is 1.40 bits per heavy atom. The van der Waals surface area contributed by atoms with Crippen LogP contribution in [0.15, 0.2) is 12.2 Å². The molecule has 0 rings (SSSR count).